The second-order valence-corrected chi connectivity index (χ2v) is 4.55. The minimum atomic E-state index is -0.836. The minimum absolute atomic E-state index is 0.0570. The van der Waals surface area contributed by atoms with Crippen molar-refractivity contribution in [1.82, 2.24) is 0 Å². The lowest BCUT2D eigenvalue weighted by Gasteiger charge is -2.15. The van der Waals surface area contributed by atoms with Gasteiger partial charge in [0.15, 0.2) is 0 Å². The average Bonchev–Trinajstić information content (AvgIpc) is 3.10. The van der Waals surface area contributed by atoms with Crippen LogP contribution < -0.4 is 0 Å². The van der Waals surface area contributed by atoms with Crippen LogP contribution >= 0.6 is 0 Å². The van der Waals surface area contributed by atoms with Crippen LogP contribution in [0.4, 0.5) is 4.39 Å². The number of hydrogen-bond donors (Lipinski definition) is 2. The normalized spacial score (nSPS) is 16.8. The van der Waals surface area contributed by atoms with Gasteiger partial charge < -0.3 is 10.2 Å². The van der Waals surface area contributed by atoms with Crippen LogP contribution in [0.25, 0.3) is 0 Å². The van der Waals surface area contributed by atoms with Crippen molar-refractivity contribution in [3.8, 4) is 0 Å². The van der Waals surface area contributed by atoms with E-state index in [1.807, 2.05) is 0 Å². The maximum atomic E-state index is 13.2. The fourth-order valence-corrected chi connectivity index (χ4v) is 2.19. The monoisotopic (exact) mass is 238 g/mol. The van der Waals surface area contributed by atoms with Crippen LogP contribution in [0.2, 0.25) is 0 Å². The Kier molecular flexibility index (Phi) is 3.43. The Morgan fingerprint density at radius 1 is 1.47 bits per heavy atom. The lowest BCUT2D eigenvalue weighted by molar-refractivity contribution is -0.137. The fraction of sp³-hybridized carbons (Fsp3) is 0.462. The molecule has 0 aromatic heterocycles. The summed E-state index contributed by atoms with van der Waals surface area (Å²) in [4.78, 5) is 10.8. The van der Waals surface area contributed by atoms with Crippen LogP contribution in [0, 0.1) is 11.7 Å². The molecule has 1 saturated carbocycles. The largest absolute Gasteiger partial charge is 0.481 e. The third-order valence-electron chi connectivity index (χ3n) is 3.25. The molecule has 2 N–H and O–H groups in total. The number of aliphatic hydroxyl groups is 1. The number of hydrogen-bond acceptors (Lipinski definition) is 2. The second kappa shape index (κ2) is 4.84. The van der Waals surface area contributed by atoms with Crippen LogP contribution in [-0.4, -0.2) is 16.2 Å². The number of aliphatic hydroxyl groups excluding tert-OH is 1. The smallest absolute Gasteiger partial charge is 0.303 e. The van der Waals surface area contributed by atoms with E-state index < -0.39 is 11.8 Å². The van der Waals surface area contributed by atoms with Crippen LogP contribution in [0.3, 0.4) is 0 Å². The van der Waals surface area contributed by atoms with Gasteiger partial charge in [0.1, 0.15) is 5.82 Å². The van der Waals surface area contributed by atoms with Gasteiger partial charge in [0, 0.05) is 5.56 Å². The SMILES string of the molecule is O=C(O)CC(c1ccc(F)c(CO)c1)C1CC1. The summed E-state index contributed by atoms with van der Waals surface area (Å²) in [5, 5.41) is 17.9. The van der Waals surface area contributed by atoms with Gasteiger partial charge in [-0.05, 0) is 36.3 Å². The number of halogens is 1. The molecule has 4 heteroatoms. The van der Waals surface area contributed by atoms with Gasteiger partial charge in [0.25, 0.3) is 0 Å². The van der Waals surface area contributed by atoms with Gasteiger partial charge in [0.05, 0.1) is 13.0 Å². The second-order valence-electron chi connectivity index (χ2n) is 4.55. The standard InChI is InChI=1S/C13H15FO3/c14-12-4-3-9(5-10(12)7-15)11(6-13(16)17)8-1-2-8/h3-5,8,11,15H,1-2,6-7H2,(H,16,17). The third-order valence-corrected chi connectivity index (χ3v) is 3.25. The van der Waals surface area contributed by atoms with E-state index in [0.29, 0.717) is 5.92 Å². The van der Waals surface area contributed by atoms with Crippen molar-refractivity contribution in [3.05, 3.63) is 35.1 Å². The van der Waals surface area contributed by atoms with E-state index >= 15 is 0 Å². The van der Waals surface area contributed by atoms with Gasteiger partial charge in [-0.3, -0.25) is 4.79 Å². The molecule has 0 radical (unpaired) electrons. The Morgan fingerprint density at radius 3 is 2.71 bits per heavy atom. The zero-order chi connectivity index (χ0) is 12.4. The van der Waals surface area contributed by atoms with E-state index in [2.05, 4.69) is 0 Å². The highest BCUT2D eigenvalue weighted by atomic mass is 19.1. The summed E-state index contributed by atoms with van der Waals surface area (Å²) < 4.78 is 13.2. The van der Waals surface area contributed by atoms with E-state index in [0.717, 1.165) is 18.4 Å². The molecule has 0 spiro atoms. The van der Waals surface area contributed by atoms with E-state index in [-0.39, 0.29) is 24.5 Å². The minimum Gasteiger partial charge on any atom is -0.481 e. The molecular weight excluding hydrogens is 223 g/mol. The highest BCUT2D eigenvalue weighted by molar-refractivity contribution is 5.68. The maximum absolute atomic E-state index is 13.2. The quantitative estimate of drug-likeness (QED) is 0.827. The lowest BCUT2D eigenvalue weighted by atomic mass is 9.90. The Labute approximate surface area is 98.9 Å². The molecule has 0 aliphatic heterocycles. The predicted octanol–water partition coefficient (Wildman–Crippen LogP) is 2.29. The summed E-state index contributed by atoms with van der Waals surface area (Å²) in [7, 11) is 0. The van der Waals surface area contributed by atoms with Crippen molar-refractivity contribution in [1.29, 1.82) is 0 Å². The van der Waals surface area contributed by atoms with Crippen molar-refractivity contribution in [3.63, 3.8) is 0 Å². The molecular formula is C13H15FO3. The number of benzene rings is 1. The summed E-state index contributed by atoms with van der Waals surface area (Å²) in [6.45, 7) is -0.357. The molecule has 2 rings (SSSR count). The van der Waals surface area contributed by atoms with Crippen LogP contribution in [0.5, 0.6) is 0 Å². The van der Waals surface area contributed by atoms with E-state index in [4.69, 9.17) is 10.2 Å². The van der Waals surface area contributed by atoms with Gasteiger partial charge in [-0.1, -0.05) is 12.1 Å². The molecule has 0 bridgehead atoms. The Morgan fingerprint density at radius 2 is 2.18 bits per heavy atom. The first-order valence-electron chi connectivity index (χ1n) is 5.72. The summed E-state index contributed by atoms with van der Waals surface area (Å²) in [5.74, 6) is -0.945. The zero-order valence-electron chi connectivity index (χ0n) is 9.40. The first-order chi connectivity index (χ1) is 8.11. The van der Waals surface area contributed by atoms with Crippen LogP contribution in [-0.2, 0) is 11.4 Å². The summed E-state index contributed by atoms with van der Waals surface area (Å²) in [5.41, 5.74) is 1.05. The number of carbonyl (C=O) groups is 1. The summed E-state index contributed by atoms with van der Waals surface area (Å²) >= 11 is 0. The molecule has 92 valence electrons. The maximum Gasteiger partial charge on any atom is 0.303 e. The molecule has 1 aliphatic rings. The van der Waals surface area contributed by atoms with Crippen molar-refractivity contribution >= 4 is 5.97 Å². The average molecular weight is 238 g/mol. The molecule has 1 aromatic carbocycles. The first-order valence-corrected chi connectivity index (χ1v) is 5.72. The highest BCUT2D eigenvalue weighted by Gasteiger charge is 2.33. The summed E-state index contributed by atoms with van der Waals surface area (Å²) in [6.07, 6.45) is 2.13. The van der Waals surface area contributed by atoms with Gasteiger partial charge >= 0.3 is 5.97 Å². The fourth-order valence-electron chi connectivity index (χ4n) is 2.19. The highest BCUT2D eigenvalue weighted by Crippen LogP contribution is 2.44. The Hall–Kier alpha value is -1.42. The number of carboxylic acid groups (broad SMARTS) is 1. The lowest BCUT2D eigenvalue weighted by Crippen LogP contribution is -2.09. The molecule has 3 nitrogen and oxygen atoms in total. The molecule has 1 aromatic rings. The van der Waals surface area contributed by atoms with E-state index in [1.165, 1.54) is 6.07 Å². The molecule has 0 saturated heterocycles. The third kappa shape index (κ3) is 2.82. The van der Waals surface area contributed by atoms with Gasteiger partial charge in [-0.15, -0.1) is 0 Å². The van der Waals surface area contributed by atoms with Crippen LogP contribution in [0.15, 0.2) is 18.2 Å². The number of rotatable bonds is 5. The van der Waals surface area contributed by atoms with Crippen LogP contribution in [0.1, 0.15) is 36.3 Å². The van der Waals surface area contributed by atoms with Crippen molar-refractivity contribution < 1.29 is 19.4 Å². The van der Waals surface area contributed by atoms with E-state index in [9.17, 15) is 9.18 Å². The first kappa shape index (κ1) is 12.0. The van der Waals surface area contributed by atoms with E-state index in [1.54, 1.807) is 12.1 Å². The predicted molar refractivity (Wildman–Crippen MR) is 60.0 cm³/mol. The van der Waals surface area contributed by atoms with Crippen molar-refractivity contribution in [2.75, 3.05) is 0 Å². The van der Waals surface area contributed by atoms with Gasteiger partial charge in [-0.25, -0.2) is 4.39 Å². The number of carboxylic acids is 1. The molecule has 1 unspecified atom stereocenters. The topological polar surface area (TPSA) is 57.5 Å². The van der Waals surface area contributed by atoms with Crippen molar-refractivity contribution in [2.24, 2.45) is 5.92 Å². The zero-order valence-corrected chi connectivity index (χ0v) is 9.40. The molecule has 0 amide bonds. The molecule has 17 heavy (non-hydrogen) atoms. The summed E-state index contributed by atoms with van der Waals surface area (Å²) in [6, 6.07) is 4.51. The molecule has 1 atom stereocenters. The number of aliphatic carboxylic acids is 1. The molecule has 1 aliphatic carbocycles. The molecule has 0 heterocycles. The Balaban J connectivity index is 2.25. The molecule has 1 fully saturated rings. The Bertz CT molecular complexity index is 427. The van der Waals surface area contributed by atoms with Gasteiger partial charge in [0.2, 0.25) is 0 Å². The van der Waals surface area contributed by atoms with Crippen molar-refractivity contribution in [2.45, 2.75) is 31.8 Å². The van der Waals surface area contributed by atoms with Gasteiger partial charge in [-0.2, -0.15) is 0 Å².